The number of carbonyl (C=O) groups is 3. The van der Waals surface area contributed by atoms with Gasteiger partial charge >= 0.3 is 0 Å². The molecule has 1 aliphatic carbocycles. The minimum atomic E-state index is -0.249. The predicted molar refractivity (Wildman–Crippen MR) is 128 cm³/mol. The van der Waals surface area contributed by atoms with E-state index in [1.165, 1.54) is 0 Å². The third kappa shape index (κ3) is 3.78. The molecule has 3 atom stereocenters. The zero-order valence-electron chi connectivity index (χ0n) is 19.7. The maximum atomic E-state index is 12.8. The average molecular weight is 462 g/mol. The highest BCUT2D eigenvalue weighted by molar-refractivity contribution is 5.94. The highest BCUT2D eigenvalue weighted by Gasteiger charge is 2.54. The third-order valence-electron chi connectivity index (χ3n) is 7.69. The molecule has 5 rings (SSSR count). The van der Waals surface area contributed by atoms with Gasteiger partial charge < -0.3 is 19.8 Å². The minimum Gasteiger partial charge on any atom is -0.394 e. The SMILES string of the molecule is CN(C)C(=O)c1ccc(-c2ccc([C@H]3[C@H](CO)N4C(=O)CN(C(=O)C5CCC5)C[C@@H]34)cc2)cc1. The van der Waals surface area contributed by atoms with E-state index in [2.05, 4.69) is 12.1 Å². The van der Waals surface area contributed by atoms with Crippen molar-refractivity contribution in [3.63, 3.8) is 0 Å². The van der Waals surface area contributed by atoms with Crippen molar-refractivity contribution in [1.82, 2.24) is 14.7 Å². The first-order valence-corrected chi connectivity index (χ1v) is 12.0. The fourth-order valence-electron chi connectivity index (χ4n) is 5.54. The Balaban J connectivity index is 1.33. The van der Waals surface area contributed by atoms with E-state index in [0.29, 0.717) is 12.1 Å². The second kappa shape index (κ2) is 8.87. The van der Waals surface area contributed by atoms with Crippen LogP contribution in [0.5, 0.6) is 0 Å². The second-order valence-corrected chi connectivity index (χ2v) is 9.89. The van der Waals surface area contributed by atoms with Crippen LogP contribution in [0.15, 0.2) is 48.5 Å². The number of aliphatic hydroxyl groups excluding tert-OH is 1. The van der Waals surface area contributed by atoms with Crippen LogP contribution in [0.2, 0.25) is 0 Å². The van der Waals surface area contributed by atoms with Gasteiger partial charge in [0.2, 0.25) is 11.8 Å². The summed E-state index contributed by atoms with van der Waals surface area (Å²) in [5, 5.41) is 10.0. The molecule has 1 N–H and O–H groups in total. The van der Waals surface area contributed by atoms with Crippen molar-refractivity contribution in [2.45, 2.75) is 37.3 Å². The van der Waals surface area contributed by atoms with Crippen LogP contribution >= 0.6 is 0 Å². The zero-order valence-corrected chi connectivity index (χ0v) is 19.7. The first kappa shape index (κ1) is 22.6. The number of rotatable bonds is 5. The summed E-state index contributed by atoms with van der Waals surface area (Å²) in [6.45, 7) is 0.568. The fourth-order valence-corrected chi connectivity index (χ4v) is 5.54. The van der Waals surface area contributed by atoms with Crippen LogP contribution in [0.4, 0.5) is 0 Å². The molecule has 2 heterocycles. The minimum absolute atomic E-state index is 0.0000736. The van der Waals surface area contributed by atoms with E-state index < -0.39 is 0 Å². The molecule has 7 heteroatoms. The summed E-state index contributed by atoms with van der Waals surface area (Å²) in [6, 6.07) is 15.4. The van der Waals surface area contributed by atoms with Gasteiger partial charge in [0.05, 0.1) is 25.2 Å². The largest absolute Gasteiger partial charge is 0.394 e. The van der Waals surface area contributed by atoms with Crippen LogP contribution in [-0.4, -0.2) is 83.4 Å². The molecule has 0 unspecified atom stereocenters. The van der Waals surface area contributed by atoms with Crippen molar-refractivity contribution in [3.05, 3.63) is 59.7 Å². The van der Waals surface area contributed by atoms with E-state index in [9.17, 15) is 19.5 Å². The number of benzene rings is 2. The van der Waals surface area contributed by atoms with Gasteiger partial charge in [0.25, 0.3) is 5.91 Å². The maximum Gasteiger partial charge on any atom is 0.253 e. The molecule has 3 fully saturated rings. The molecule has 0 aromatic heterocycles. The zero-order chi connectivity index (χ0) is 24.0. The van der Waals surface area contributed by atoms with Gasteiger partial charge in [0.15, 0.2) is 0 Å². The van der Waals surface area contributed by atoms with Crippen molar-refractivity contribution in [2.75, 3.05) is 33.8 Å². The fraction of sp³-hybridized carbons (Fsp3) is 0.444. The lowest BCUT2D eigenvalue weighted by molar-refractivity contribution is -0.169. The Morgan fingerprint density at radius 3 is 2.15 bits per heavy atom. The first-order chi connectivity index (χ1) is 16.4. The van der Waals surface area contributed by atoms with E-state index in [4.69, 9.17) is 0 Å². The topological polar surface area (TPSA) is 81.2 Å². The smallest absolute Gasteiger partial charge is 0.253 e. The molecule has 2 aromatic rings. The van der Waals surface area contributed by atoms with Gasteiger partial charge in [0.1, 0.15) is 0 Å². The Morgan fingerprint density at radius 2 is 1.62 bits per heavy atom. The molecule has 3 aliphatic rings. The summed E-state index contributed by atoms with van der Waals surface area (Å²) in [6.07, 6.45) is 2.93. The van der Waals surface area contributed by atoms with E-state index >= 15 is 0 Å². The Hall–Kier alpha value is -3.19. The van der Waals surface area contributed by atoms with Gasteiger partial charge in [-0.25, -0.2) is 0 Å². The highest BCUT2D eigenvalue weighted by atomic mass is 16.3. The number of nitrogens with zero attached hydrogens (tertiary/aromatic N) is 3. The van der Waals surface area contributed by atoms with E-state index in [1.807, 2.05) is 36.4 Å². The number of carbonyl (C=O) groups excluding carboxylic acids is 3. The second-order valence-electron chi connectivity index (χ2n) is 9.89. The van der Waals surface area contributed by atoms with Crippen LogP contribution in [-0.2, 0) is 9.59 Å². The highest BCUT2D eigenvalue weighted by Crippen LogP contribution is 2.44. The molecule has 0 spiro atoms. The van der Waals surface area contributed by atoms with Crippen LogP contribution < -0.4 is 0 Å². The molecule has 3 amide bonds. The molecular formula is C27H31N3O4. The van der Waals surface area contributed by atoms with Crippen LogP contribution in [0.1, 0.15) is 41.1 Å². The average Bonchev–Trinajstić information content (AvgIpc) is 2.79. The van der Waals surface area contributed by atoms with E-state index in [-0.39, 0.29) is 54.8 Å². The lowest BCUT2D eigenvalue weighted by Crippen LogP contribution is -2.73. The monoisotopic (exact) mass is 461 g/mol. The van der Waals surface area contributed by atoms with Crippen molar-refractivity contribution < 1.29 is 19.5 Å². The molecule has 2 aliphatic heterocycles. The molecule has 7 nitrogen and oxygen atoms in total. The lowest BCUT2D eigenvalue weighted by Gasteiger charge is -2.59. The van der Waals surface area contributed by atoms with Gasteiger partial charge in [-0.1, -0.05) is 42.8 Å². The van der Waals surface area contributed by atoms with Crippen molar-refractivity contribution >= 4 is 17.7 Å². The summed E-state index contributed by atoms with van der Waals surface area (Å²) < 4.78 is 0. The molecule has 0 radical (unpaired) electrons. The predicted octanol–water partition coefficient (Wildman–Crippen LogP) is 2.35. The van der Waals surface area contributed by atoms with E-state index in [0.717, 1.165) is 36.0 Å². The Morgan fingerprint density at radius 1 is 1.00 bits per heavy atom. The normalized spacial score (nSPS) is 24.2. The summed E-state index contributed by atoms with van der Waals surface area (Å²) in [5.74, 6) is 0.0869. The Labute approximate surface area is 200 Å². The van der Waals surface area contributed by atoms with Crippen LogP contribution in [0, 0.1) is 5.92 Å². The van der Waals surface area contributed by atoms with Gasteiger partial charge in [-0.05, 0) is 41.7 Å². The number of fused-ring (bicyclic) bond motifs is 1. The van der Waals surface area contributed by atoms with Crippen LogP contribution in [0.25, 0.3) is 11.1 Å². The number of piperazine rings is 1. The van der Waals surface area contributed by atoms with Crippen molar-refractivity contribution in [2.24, 2.45) is 5.92 Å². The quantitative estimate of drug-likeness (QED) is 0.741. The summed E-state index contributed by atoms with van der Waals surface area (Å²) >= 11 is 0. The first-order valence-electron chi connectivity index (χ1n) is 12.0. The third-order valence-corrected chi connectivity index (χ3v) is 7.69. The van der Waals surface area contributed by atoms with Crippen molar-refractivity contribution in [1.29, 1.82) is 0 Å². The van der Waals surface area contributed by atoms with Gasteiger partial charge in [-0.2, -0.15) is 0 Å². The van der Waals surface area contributed by atoms with E-state index in [1.54, 1.807) is 28.8 Å². The number of aliphatic hydroxyl groups is 1. The molecule has 2 aromatic carbocycles. The number of amides is 3. The molecule has 2 saturated heterocycles. The maximum absolute atomic E-state index is 12.8. The molecule has 0 bridgehead atoms. The van der Waals surface area contributed by atoms with Crippen LogP contribution in [0.3, 0.4) is 0 Å². The Bertz CT molecular complexity index is 1090. The lowest BCUT2D eigenvalue weighted by atomic mass is 9.73. The number of hydrogen-bond donors (Lipinski definition) is 1. The Kier molecular flexibility index (Phi) is 5.90. The summed E-state index contributed by atoms with van der Waals surface area (Å²) in [4.78, 5) is 42.8. The molecule has 1 saturated carbocycles. The standard InChI is InChI=1S/C27H31N3O4/c1-28(2)26(33)21-12-8-18(9-13-21)17-6-10-19(11-7-17)25-22-14-29(27(34)20-4-3-5-20)15-24(32)30(22)23(25)16-31/h6-13,20,22-23,25,31H,3-5,14-16H2,1-2H3/t22-,23-,25+/m0/s1. The summed E-state index contributed by atoms with van der Waals surface area (Å²) in [7, 11) is 3.47. The van der Waals surface area contributed by atoms with Gasteiger partial charge in [0, 0.05) is 38.0 Å². The molecule has 178 valence electrons. The molecule has 34 heavy (non-hydrogen) atoms. The van der Waals surface area contributed by atoms with Gasteiger partial charge in [-0.3, -0.25) is 14.4 Å². The molecular weight excluding hydrogens is 430 g/mol. The number of hydrogen-bond acceptors (Lipinski definition) is 4. The van der Waals surface area contributed by atoms with Gasteiger partial charge in [-0.15, -0.1) is 0 Å². The van der Waals surface area contributed by atoms with Crippen molar-refractivity contribution in [3.8, 4) is 11.1 Å². The summed E-state index contributed by atoms with van der Waals surface area (Å²) in [5.41, 5.74) is 3.76.